The number of benzene rings is 2. The van der Waals surface area contributed by atoms with Crippen LogP contribution in [0.5, 0.6) is 5.75 Å². The SMILES string of the molecule is [B]c1ccc2c(c1)N(COc1ccc(C(C)CC(=O)O)cc1)C(=O)C2(C)C. The number of aliphatic carboxylic acids is 1. The molecule has 0 spiro atoms. The molecule has 1 aliphatic heterocycles. The number of anilines is 1. The van der Waals surface area contributed by atoms with Crippen molar-refractivity contribution in [2.24, 2.45) is 0 Å². The van der Waals surface area contributed by atoms with Crippen molar-refractivity contribution in [1.82, 2.24) is 0 Å². The number of carbonyl (C=O) groups is 2. The summed E-state index contributed by atoms with van der Waals surface area (Å²) < 4.78 is 5.81. The van der Waals surface area contributed by atoms with Crippen molar-refractivity contribution in [2.45, 2.75) is 38.5 Å². The smallest absolute Gasteiger partial charge is 0.303 e. The predicted molar refractivity (Wildman–Crippen MR) is 105 cm³/mol. The molecule has 3 rings (SSSR count). The number of nitrogens with zero attached hydrogens (tertiary/aromatic N) is 1. The molecule has 0 fully saturated rings. The van der Waals surface area contributed by atoms with Crippen LogP contribution in [0, 0.1) is 0 Å². The summed E-state index contributed by atoms with van der Waals surface area (Å²) in [4.78, 5) is 25.3. The first-order valence-electron chi connectivity index (χ1n) is 8.86. The lowest BCUT2D eigenvalue weighted by molar-refractivity contribution is -0.137. The third-order valence-corrected chi connectivity index (χ3v) is 5.06. The maximum Gasteiger partial charge on any atom is 0.303 e. The van der Waals surface area contributed by atoms with Crippen LogP contribution in [0.3, 0.4) is 0 Å². The molecule has 1 N–H and O–H groups in total. The first kappa shape index (κ1) is 19.0. The maximum absolute atomic E-state index is 12.8. The first-order chi connectivity index (χ1) is 12.7. The van der Waals surface area contributed by atoms with Crippen LogP contribution in [0.1, 0.15) is 44.2 Å². The third kappa shape index (κ3) is 3.70. The Morgan fingerprint density at radius 1 is 1.22 bits per heavy atom. The highest BCUT2D eigenvalue weighted by Crippen LogP contribution is 2.40. The van der Waals surface area contributed by atoms with Gasteiger partial charge in [0.1, 0.15) is 13.6 Å². The Labute approximate surface area is 160 Å². The molecule has 0 saturated carbocycles. The van der Waals surface area contributed by atoms with Crippen LogP contribution < -0.4 is 15.1 Å². The van der Waals surface area contributed by atoms with Crippen molar-refractivity contribution in [1.29, 1.82) is 0 Å². The fourth-order valence-electron chi connectivity index (χ4n) is 3.40. The fourth-order valence-corrected chi connectivity index (χ4v) is 3.40. The van der Waals surface area contributed by atoms with E-state index < -0.39 is 11.4 Å². The van der Waals surface area contributed by atoms with Crippen molar-refractivity contribution in [2.75, 3.05) is 11.6 Å². The second kappa shape index (κ2) is 7.10. The van der Waals surface area contributed by atoms with E-state index in [4.69, 9.17) is 17.7 Å². The Bertz CT molecular complexity index is 876. The molecule has 1 aliphatic rings. The lowest BCUT2D eigenvalue weighted by atomic mass is 9.84. The molecule has 138 valence electrons. The van der Waals surface area contributed by atoms with E-state index in [-0.39, 0.29) is 25.0 Å². The van der Waals surface area contributed by atoms with Crippen LogP contribution in [-0.2, 0) is 15.0 Å². The summed E-state index contributed by atoms with van der Waals surface area (Å²) in [6, 6.07) is 12.8. The van der Waals surface area contributed by atoms with E-state index in [0.717, 1.165) is 16.8 Å². The molecule has 1 amide bonds. The van der Waals surface area contributed by atoms with Gasteiger partial charge >= 0.3 is 5.97 Å². The minimum absolute atomic E-state index is 0.0326. The monoisotopic (exact) mass is 363 g/mol. The molecule has 1 heterocycles. The second-order valence-corrected chi connectivity index (χ2v) is 7.48. The molecule has 1 unspecified atom stereocenters. The zero-order chi connectivity index (χ0) is 19.8. The lowest BCUT2D eigenvalue weighted by Gasteiger charge is -2.21. The van der Waals surface area contributed by atoms with Gasteiger partial charge in [0.15, 0.2) is 6.73 Å². The van der Waals surface area contributed by atoms with E-state index in [1.54, 1.807) is 29.2 Å². The highest BCUT2D eigenvalue weighted by atomic mass is 16.5. The van der Waals surface area contributed by atoms with Gasteiger partial charge in [0, 0.05) is 0 Å². The summed E-state index contributed by atoms with van der Waals surface area (Å²) in [6.07, 6.45) is 0.0791. The van der Waals surface area contributed by atoms with Gasteiger partial charge in [-0.05, 0) is 49.1 Å². The summed E-state index contributed by atoms with van der Waals surface area (Å²) in [5.41, 5.74) is 2.62. The molecule has 2 aromatic rings. The molecule has 6 heteroatoms. The second-order valence-electron chi connectivity index (χ2n) is 7.48. The van der Waals surface area contributed by atoms with E-state index in [2.05, 4.69) is 0 Å². The summed E-state index contributed by atoms with van der Waals surface area (Å²) in [5, 5.41) is 8.90. The largest absolute Gasteiger partial charge is 0.481 e. The van der Waals surface area contributed by atoms with Gasteiger partial charge in [-0.25, -0.2) is 0 Å². The summed E-state index contributed by atoms with van der Waals surface area (Å²) in [6.45, 7) is 5.74. The number of hydrogen-bond acceptors (Lipinski definition) is 3. The van der Waals surface area contributed by atoms with Crippen LogP contribution in [0.25, 0.3) is 0 Å². The van der Waals surface area contributed by atoms with Crippen LogP contribution in [0.2, 0.25) is 0 Å². The van der Waals surface area contributed by atoms with E-state index in [1.807, 2.05) is 39.0 Å². The molecule has 1 atom stereocenters. The van der Waals surface area contributed by atoms with E-state index in [9.17, 15) is 9.59 Å². The summed E-state index contributed by atoms with van der Waals surface area (Å²) in [7, 11) is 5.89. The van der Waals surface area contributed by atoms with Gasteiger partial charge < -0.3 is 9.84 Å². The number of hydrogen-bond donors (Lipinski definition) is 1. The lowest BCUT2D eigenvalue weighted by Crippen LogP contribution is -2.38. The summed E-state index contributed by atoms with van der Waals surface area (Å²) in [5.74, 6) is -0.317. The maximum atomic E-state index is 12.8. The van der Waals surface area contributed by atoms with Gasteiger partial charge in [0.2, 0.25) is 5.91 Å². The molecular weight excluding hydrogens is 341 g/mol. The van der Waals surface area contributed by atoms with Gasteiger partial charge in [0.05, 0.1) is 17.5 Å². The number of carboxylic acids is 1. The molecule has 2 radical (unpaired) electrons. The highest BCUT2D eigenvalue weighted by molar-refractivity contribution is 6.33. The molecule has 0 saturated heterocycles. The van der Waals surface area contributed by atoms with Gasteiger partial charge in [-0.15, -0.1) is 0 Å². The Balaban J connectivity index is 1.73. The minimum Gasteiger partial charge on any atom is -0.481 e. The van der Waals surface area contributed by atoms with E-state index >= 15 is 0 Å². The Kier molecular flexibility index (Phi) is 5.00. The van der Waals surface area contributed by atoms with Crippen LogP contribution >= 0.6 is 0 Å². The van der Waals surface area contributed by atoms with Crippen LogP contribution in [-0.4, -0.2) is 31.6 Å². The number of carboxylic acid groups (broad SMARTS) is 1. The topological polar surface area (TPSA) is 66.8 Å². The van der Waals surface area contributed by atoms with Crippen molar-refractivity contribution < 1.29 is 19.4 Å². The average Bonchev–Trinajstić information content (AvgIpc) is 2.79. The number of fused-ring (bicyclic) bond motifs is 1. The quantitative estimate of drug-likeness (QED) is 0.802. The minimum atomic E-state index is -0.823. The van der Waals surface area contributed by atoms with Gasteiger partial charge in [-0.3, -0.25) is 14.5 Å². The number of rotatable bonds is 6. The molecule has 0 bridgehead atoms. The van der Waals surface area contributed by atoms with Crippen LogP contribution in [0.4, 0.5) is 5.69 Å². The average molecular weight is 363 g/mol. The van der Waals surface area contributed by atoms with E-state index in [1.165, 1.54) is 0 Å². The summed E-state index contributed by atoms with van der Waals surface area (Å²) >= 11 is 0. The molecular formula is C21H22BNO4. The third-order valence-electron chi connectivity index (χ3n) is 5.06. The first-order valence-corrected chi connectivity index (χ1v) is 8.86. The van der Waals surface area contributed by atoms with Crippen molar-refractivity contribution >= 4 is 30.9 Å². The zero-order valence-corrected chi connectivity index (χ0v) is 15.7. The van der Waals surface area contributed by atoms with Gasteiger partial charge in [0.25, 0.3) is 0 Å². The molecule has 5 nitrogen and oxygen atoms in total. The van der Waals surface area contributed by atoms with Crippen molar-refractivity contribution in [3.63, 3.8) is 0 Å². The normalized spacial score (nSPS) is 16.1. The van der Waals surface area contributed by atoms with Crippen molar-refractivity contribution in [3.8, 4) is 5.75 Å². The fraction of sp³-hybridized carbons (Fsp3) is 0.333. The van der Waals surface area contributed by atoms with E-state index in [0.29, 0.717) is 11.2 Å². The number of ether oxygens (including phenoxy) is 1. The molecule has 2 aromatic carbocycles. The Hall–Kier alpha value is -2.76. The molecule has 0 aliphatic carbocycles. The van der Waals surface area contributed by atoms with Gasteiger partial charge in [-0.2, -0.15) is 0 Å². The Morgan fingerprint density at radius 3 is 2.52 bits per heavy atom. The number of amides is 1. The zero-order valence-electron chi connectivity index (χ0n) is 15.7. The molecule has 0 aromatic heterocycles. The highest BCUT2D eigenvalue weighted by Gasteiger charge is 2.43. The van der Waals surface area contributed by atoms with Crippen molar-refractivity contribution in [3.05, 3.63) is 53.6 Å². The van der Waals surface area contributed by atoms with Gasteiger partial charge in [-0.1, -0.05) is 36.7 Å². The molecule has 27 heavy (non-hydrogen) atoms. The van der Waals surface area contributed by atoms with Crippen LogP contribution in [0.15, 0.2) is 42.5 Å². The Morgan fingerprint density at radius 2 is 1.89 bits per heavy atom. The number of carbonyl (C=O) groups excluding carboxylic acids is 1. The predicted octanol–water partition coefficient (Wildman–Crippen LogP) is 2.72. The standard InChI is InChI=1S/C21H22BNO4/c1-13(10-19(24)25)14-4-7-16(8-5-14)27-12-23-18-11-15(22)6-9-17(18)21(2,3)20(23)26/h4-9,11,13H,10,12H2,1-3H3,(H,24,25).